The van der Waals surface area contributed by atoms with Crippen molar-refractivity contribution in [3.05, 3.63) is 197 Å². The van der Waals surface area contributed by atoms with Crippen molar-refractivity contribution in [3.63, 3.8) is 0 Å². The lowest BCUT2D eigenvalue weighted by atomic mass is 9.70. The molecular weight excluding hydrogens is 506 g/mol. The molecule has 0 fully saturated rings. The van der Waals surface area contributed by atoms with Gasteiger partial charge in [0, 0.05) is 0 Å². The van der Waals surface area contributed by atoms with Crippen molar-refractivity contribution in [3.8, 4) is 22.3 Å². The van der Waals surface area contributed by atoms with E-state index >= 15 is 0 Å². The number of hydrogen-bond donors (Lipinski definition) is 0. The maximum absolute atomic E-state index is 5.19. The maximum Gasteiger partial charge on any atom is 0.0725 e. The predicted molar refractivity (Wildman–Crippen MR) is 175 cm³/mol. The van der Waals surface area contributed by atoms with Crippen LogP contribution in [0, 0.1) is 0 Å². The Bertz CT molecular complexity index is 1930. The highest BCUT2D eigenvalue weighted by Crippen LogP contribution is 2.62. The van der Waals surface area contributed by atoms with E-state index in [1.807, 2.05) is 6.07 Å². The fourth-order valence-electron chi connectivity index (χ4n) is 7.01. The average molecular weight is 536 g/mol. The van der Waals surface area contributed by atoms with Crippen LogP contribution in [0.2, 0.25) is 0 Å². The van der Waals surface area contributed by atoms with Crippen LogP contribution in [-0.2, 0) is 12.0 Å². The van der Waals surface area contributed by atoms with Crippen LogP contribution in [0.4, 0.5) is 0 Å². The van der Waals surface area contributed by atoms with Gasteiger partial charge in [0.2, 0.25) is 0 Å². The Morgan fingerprint density at radius 2 is 1.00 bits per heavy atom. The van der Waals surface area contributed by atoms with Crippen LogP contribution in [0.15, 0.2) is 163 Å². The molecule has 0 saturated carbocycles. The van der Waals surface area contributed by atoms with Gasteiger partial charge in [0.15, 0.2) is 0 Å². The summed E-state index contributed by atoms with van der Waals surface area (Å²) in [5.41, 5.74) is 14.9. The average Bonchev–Trinajstić information content (AvgIpc) is 3.53. The van der Waals surface area contributed by atoms with E-state index in [1.54, 1.807) is 0 Å². The zero-order valence-electron chi connectivity index (χ0n) is 23.2. The zero-order chi connectivity index (χ0) is 27.9. The van der Waals surface area contributed by atoms with Gasteiger partial charge in [-0.2, -0.15) is 0 Å². The second-order valence-electron chi connectivity index (χ2n) is 11.1. The molecule has 0 atom stereocenters. The van der Waals surface area contributed by atoms with Gasteiger partial charge in [0.25, 0.3) is 0 Å². The van der Waals surface area contributed by atoms with Gasteiger partial charge in [-0.15, -0.1) is 0 Å². The molecule has 6 aromatic carbocycles. The monoisotopic (exact) mass is 535 g/mol. The third kappa shape index (κ3) is 3.74. The summed E-state index contributed by atoms with van der Waals surface area (Å²) in [5, 5.41) is 0. The van der Waals surface area contributed by atoms with Gasteiger partial charge in [-0.05, 0) is 67.3 Å². The van der Waals surface area contributed by atoms with Crippen LogP contribution in [0.1, 0.15) is 38.9 Å². The third-order valence-corrected chi connectivity index (χ3v) is 8.80. The Labute approximate surface area is 247 Å². The minimum absolute atomic E-state index is 0.325. The van der Waals surface area contributed by atoms with E-state index in [4.69, 9.17) is 4.99 Å². The number of hydrogen-bond acceptors (Lipinski definition) is 1. The maximum atomic E-state index is 5.19. The lowest BCUT2D eigenvalue weighted by molar-refractivity contribution is 0.791. The van der Waals surface area contributed by atoms with E-state index in [0.717, 1.165) is 16.8 Å². The molecule has 2 aliphatic rings. The highest BCUT2D eigenvalue weighted by molar-refractivity contribution is 6.10. The lowest BCUT2D eigenvalue weighted by Gasteiger charge is -2.30. The first-order valence-corrected chi connectivity index (χ1v) is 14.6. The summed E-state index contributed by atoms with van der Waals surface area (Å²) in [7, 11) is 0. The smallest absolute Gasteiger partial charge is 0.0725 e. The Hall–Kier alpha value is -5.27. The quantitative estimate of drug-likeness (QED) is 0.195. The minimum Gasteiger partial charge on any atom is -0.280 e. The first kappa shape index (κ1) is 24.5. The summed E-state index contributed by atoms with van der Waals surface area (Å²) >= 11 is 0. The topological polar surface area (TPSA) is 12.4 Å². The van der Waals surface area contributed by atoms with Crippen molar-refractivity contribution < 1.29 is 0 Å². The largest absolute Gasteiger partial charge is 0.280 e. The molecule has 1 nitrogen and oxygen atoms in total. The van der Waals surface area contributed by atoms with Gasteiger partial charge in [-0.3, -0.25) is 4.99 Å². The van der Waals surface area contributed by atoms with Crippen molar-refractivity contribution >= 4 is 11.8 Å². The molecule has 0 aromatic heterocycles. The molecule has 0 N–H and O–H groups in total. The van der Waals surface area contributed by atoms with Crippen molar-refractivity contribution in [2.45, 2.75) is 12.0 Å². The highest BCUT2D eigenvalue weighted by Gasteiger charge is 2.51. The zero-order valence-corrected chi connectivity index (χ0v) is 23.2. The molecule has 8 rings (SSSR count). The molecule has 42 heavy (non-hydrogen) atoms. The summed E-state index contributed by atoms with van der Waals surface area (Å²) in [5.74, 6) is 0. The molecule has 0 radical (unpaired) electrons. The molecule has 0 aliphatic heterocycles. The van der Waals surface area contributed by atoms with Crippen LogP contribution in [0.5, 0.6) is 0 Å². The summed E-state index contributed by atoms with van der Waals surface area (Å²) < 4.78 is 0. The number of benzene rings is 6. The van der Waals surface area contributed by atoms with Crippen LogP contribution in [0.3, 0.4) is 0 Å². The first-order chi connectivity index (χ1) is 20.8. The molecular formula is C41H29N. The Balaban J connectivity index is 1.27. The lowest BCUT2D eigenvalue weighted by Crippen LogP contribution is -2.25. The Morgan fingerprint density at radius 3 is 1.60 bits per heavy atom. The molecule has 2 aliphatic carbocycles. The first-order valence-electron chi connectivity index (χ1n) is 14.6. The number of allylic oxidation sites excluding steroid dienone is 1. The minimum atomic E-state index is -0.325. The Kier molecular flexibility index (Phi) is 5.82. The van der Waals surface area contributed by atoms with E-state index in [9.17, 15) is 0 Å². The molecule has 6 aromatic rings. The standard InChI is InChI=1S/C41H29N/c1-3-13-29(14-4-1)24-26-40(31-15-5-2-6-16-31)42-28-30-23-25-35-34-19-9-12-22-38(34)41(39(35)27-30)36-20-10-7-17-32(36)33-18-8-11-21-37(33)41/h1-27H,28H2/b26-24+,42-40?. The van der Waals surface area contributed by atoms with Gasteiger partial charge in [-0.25, -0.2) is 0 Å². The second-order valence-corrected chi connectivity index (χ2v) is 11.1. The van der Waals surface area contributed by atoms with Crippen LogP contribution >= 0.6 is 0 Å². The van der Waals surface area contributed by atoms with Crippen molar-refractivity contribution in [1.29, 1.82) is 0 Å². The molecule has 1 heteroatoms. The van der Waals surface area contributed by atoms with E-state index in [-0.39, 0.29) is 5.41 Å². The van der Waals surface area contributed by atoms with E-state index in [0.29, 0.717) is 6.54 Å². The molecule has 1 spiro atoms. The van der Waals surface area contributed by atoms with Crippen LogP contribution in [-0.4, -0.2) is 5.71 Å². The van der Waals surface area contributed by atoms with Crippen molar-refractivity contribution in [2.75, 3.05) is 0 Å². The van der Waals surface area contributed by atoms with Gasteiger partial charge >= 0.3 is 0 Å². The number of nitrogens with zero attached hydrogens (tertiary/aromatic N) is 1. The molecule has 198 valence electrons. The van der Waals surface area contributed by atoms with Gasteiger partial charge < -0.3 is 0 Å². The van der Waals surface area contributed by atoms with Gasteiger partial charge in [-0.1, -0.05) is 158 Å². The number of rotatable bonds is 5. The molecule has 0 bridgehead atoms. The molecule has 0 amide bonds. The number of aliphatic imine (C=N–C) groups is 1. The summed E-state index contributed by atoms with van der Waals surface area (Å²) in [6.07, 6.45) is 4.28. The van der Waals surface area contributed by atoms with Gasteiger partial charge in [0.05, 0.1) is 17.7 Å². The number of fused-ring (bicyclic) bond motifs is 10. The SMILES string of the molecule is C(=C\c1ccccc1)/C(=NCc1ccc2c(c1)C1(c3ccccc3-c3ccccc31)c1ccccc1-2)c1ccccc1. The second kappa shape index (κ2) is 9.98. The third-order valence-electron chi connectivity index (χ3n) is 8.80. The van der Waals surface area contributed by atoms with E-state index in [2.05, 4.69) is 158 Å². The predicted octanol–water partition coefficient (Wildman–Crippen LogP) is 9.73. The van der Waals surface area contributed by atoms with Crippen LogP contribution in [0.25, 0.3) is 28.3 Å². The summed E-state index contributed by atoms with van der Waals surface area (Å²) in [6.45, 7) is 0.604. The van der Waals surface area contributed by atoms with E-state index in [1.165, 1.54) is 50.1 Å². The summed E-state index contributed by atoms with van der Waals surface area (Å²) in [6, 6.07) is 54.8. The van der Waals surface area contributed by atoms with Gasteiger partial charge in [0.1, 0.15) is 0 Å². The molecule has 0 saturated heterocycles. The normalized spacial score (nSPS) is 14.0. The molecule has 0 unspecified atom stereocenters. The van der Waals surface area contributed by atoms with Crippen molar-refractivity contribution in [2.24, 2.45) is 4.99 Å². The summed E-state index contributed by atoms with van der Waals surface area (Å²) in [4.78, 5) is 5.19. The van der Waals surface area contributed by atoms with E-state index < -0.39 is 0 Å². The fourth-order valence-corrected chi connectivity index (χ4v) is 7.01. The Morgan fingerprint density at radius 1 is 0.500 bits per heavy atom. The van der Waals surface area contributed by atoms with Crippen molar-refractivity contribution in [1.82, 2.24) is 0 Å². The molecule has 0 heterocycles. The van der Waals surface area contributed by atoms with Crippen LogP contribution < -0.4 is 0 Å². The fraction of sp³-hybridized carbons (Fsp3) is 0.0488. The highest BCUT2D eigenvalue weighted by atomic mass is 14.7.